The third kappa shape index (κ3) is 26.1. The van der Waals surface area contributed by atoms with Crippen LogP contribution in [0.5, 0.6) is 0 Å². The van der Waals surface area contributed by atoms with Gasteiger partial charge in [0.2, 0.25) is 17.7 Å². The SMILES string of the molecule is [CH2]c1ccc(NC(=O)[C@H](C)NC(=O)[C@@H](NC(=O)CCOCCOCCOCCOCCOCCOCCOCCOCCN=[N+]=[N-])C(C)C)cc1. The summed E-state index contributed by atoms with van der Waals surface area (Å²) >= 11 is 0. The zero-order valence-corrected chi connectivity index (χ0v) is 30.3. The Kier molecular flexibility index (Phi) is 28.1. The summed E-state index contributed by atoms with van der Waals surface area (Å²) in [4.78, 5) is 40.4. The molecule has 0 saturated carbocycles. The van der Waals surface area contributed by atoms with Gasteiger partial charge in [0.05, 0.1) is 106 Å². The molecule has 1 aromatic rings. The Hall–Kier alpha value is -3.38. The normalized spacial score (nSPS) is 12.3. The molecule has 0 fully saturated rings. The maximum absolute atomic E-state index is 12.8. The van der Waals surface area contributed by atoms with Crippen LogP contribution in [0.4, 0.5) is 5.69 Å². The molecule has 1 aromatic carbocycles. The monoisotopic (exact) mass is 725 g/mol. The van der Waals surface area contributed by atoms with Crippen LogP contribution in [0.25, 0.3) is 10.4 Å². The molecule has 17 nitrogen and oxygen atoms in total. The Labute approximate surface area is 301 Å². The van der Waals surface area contributed by atoms with Crippen molar-refractivity contribution >= 4 is 23.4 Å². The highest BCUT2D eigenvalue weighted by Crippen LogP contribution is 2.09. The van der Waals surface area contributed by atoms with E-state index >= 15 is 0 Å². The number of benzene rings is 1. The lowest BCUT2D eigenvalue weighted by Gasteiger charge is -2.24. The van der Waals surface area contributed by atoms with Gasteiger partial charge in [0, 0.05) is 23.6 Å². The fourth-order valence-electron chi connectivity index (χ4n) is 3.94. The van der Waals surface area contributed by atoms with E-state index in [2.05, 4.69) is 32.9 Å². The molecule has 0 aliphatic rings. The standard InChI is InChI=1S/C34H57N6O11/c1-27(2)32(34(43)37-29(4)33(42)38-30-7-5-28(3)6-8-30)39-31(41)9-11-44-13-15-46-17-19-48-21-23-50-25-26-51-24-22-49-20-18-47-16-14-45-12-10-36-40-35/h5-8,27,29,32H,3,9-26H2,1-2,4H3,(H,37,43)(H,38,42)(H,39,41)/t29-,32-/m0/s1. The molecule has 51 heavy (non-hydrogen) atoms. The van der Waals surface area contributed by atoms with E-state index in [4.69, 9.17) is 43.4 Å². The number of azide groups is 1. The van der Waals surface area contributed by atoms with Crippen molar-refractivity contribution in [2.75, 3.05) is 118 Å². The predicted octanol–water partition coefficient (Wildman–Crippen LogP) is 2.29. The number of rotatable bonds is 33. The Morgan fingerprint density at radius 1 is 0.647 bits per heavy atom. The van der Waals surface area contributed by atoms with Gasteiger partial charge in [-0.2, -0.15) is 0 Å². The largest absolute Gasteiger partial charge is 0.379 e. The molecule has 0 aliphatic heterocycles. The third-order valence-corrected chi connectivity index (χ3v) is 6.72. The number of ether oxygens (including phenoxy) is 8. The smallest absolute Gasteiger partial charge is 0.246 e. The van der Waals surface area contributed by atoms with E-state index in [-0.39, 0.29) is 30.8 Å². The van der Waals surface area contributed by atoms with Crippen molar-refractivity contribution in [2.45, 2.75) is 39.3 Å². The lowest BCUT2D eigenvalue weighted by Crippen LogP contribution is -2.53. The summed E-state index contributed by atoms with van der Waals surface area (Å²) in [7, 11) is 0. The van der Waals surface area contributed by atoms with Crippen LogP contribution in [-0.2, 0) is 52.3 Å². The summed E-state index contributed by atoms with van der Waals surface area (Å²) < 4.78 is 43.3. The van der Waals surface area contributed by atoms with Crippen LogP contribution >= 0.6 is 0 Å². The van der Waals surface area contributed by atoms with Crippen LogP contribution in [0.3, 0.4) is 0 Å². The van der Waals surface area contributed by atoms with Gasteiger partial charge < -0.3 is 53.8 Å². The molecule has 289 valence electrons. The summed E-state index contributed by atoms with van der Waals surface area (Å²) in [5.74, 6) is -1.34. The van der Waals surface area contributed by atoms with Crippen LogP contribution < -0.4 is 16.0 Å². The highest BCUT2D eigenvalue weighted by Gasteiger charge is 2.27. The maximum atomic E-state index is 12.8. The average Bonchev–Trinajstić information content (AvgIpc) is 3.11. The van der Waals surface area contributed by atoms with Gasteiger partial charge in [0.1, 0.15) is 12.1 Å². The second-order valence-electron chi connectivity index (χ2n) is 11.3. The van der Waals surface area contributed by atoms with Crippen molar-refractivity contribution < 1.29 is 52.3 Å². The molecular weight excluding hydrogens is 668 g/mol. The van der Waals surface area contributed by atoms with E-state index in [0.29, 0.717) is 111 Å². The minimum Gasteiger partial charge on any atom is -0.379 e. The molecule has 0 spiro atoms. The number of carbonyl (C=O) groups excluding carboxylic acids is 3. The fourth-order valence-corrected chi connectivity index (χ4v) is 3.94. The highest BCUT2D eigenvalue weighted by atomic mass is 16.6. The Morgan fingerprint density at radius 3 is 1.47 bits per heavy atom. The quantitative estimate of drug-likeness (QED) is 0.0414. The zero-order chi connectivity index (χ0) is 37.4. The van der Waals surface area contributed by atoms with Gasteiger partial charge >= 0.3 is 0 Å². The molecule has 2 atom stereocenters. The fraction of sp³-hybridized carbons (Fsp3) is 0.706. The predicted molar refractivity (Wildman–Crippen MR) is 189 cm³/mol. The van der Waals surface area contributed by atoms with Gasteiger partial charge in [-0.05, 0) is 43.0 Å². The van der Waals surface area contributed by atoms with E-state index in [1.54, 1.807) is 31.2 Å². The van der Waals surface area contributed by atoms with Gasteiger partial charge in [-0.15, -0.1) is 0 Å². The molecule has 17 heteroatoms. The first-order valence-electron chi connectivity index (χ1n) is 17.2. The Morgan fingerprint density at radius 2 is 1.06 bits per heavy atom. The summed E-state index contributed by atoms with van der Waals surface area (Å²) in [6.07, 6.45) is 0.0767. The highest BCUT2D eigenvalue weighted by molar-refractivity contribution is 5.98. The Balaban J connectivity index is 1.92. The molecule has 0 bridgehead atoms. The minimum absolute atomic E-state index is 0.0767. The van der Waals surface area contributed by atoms with Gasteiger partial charge in [0.15, 0.2) is 0 Å². The van der Waals surface area contributed by atoms with Crippen molar-refractivity contribution in [3.05, 3.63) is 47.2 Å². The molecule has 3 N–H and O–H groups in total. The molecular formula is C34H57N6O11. The number of nitrogens with one attached hydrogen (secondary N) is 3. The van der Waals surface area contributed by atoms with E-state index in [1.807, 2.05) is 13.8 Å². The first kappa shape index (κ1) is 45.6. The molecule has 0 heterocycles. The molecule has 1 radical (unpaired) electrons. The van der Waals surface area contributed by atoms with Gasteiger partial charge in [-0.25, -0.2) is 0 Å². The number of nitrogens with zero attached hydrogens (tertiary/aromatic N) is 3. The number of anilines is 1. The minimum atomic E-state index is -0.805. The number of hydrogen-bond acceptors (Lipinski definition) is 12. The first-order valence-corrected chi connectivity index (χ1v) is 17.2. The van der Waals surface area contributed by atoms with E-state index in [9.17, 15) is 14.4 Å². The summed E-state index contributed by atoms with van der Waals surface area (Å²) in [5, 5.41) is 11.5. The van der Waals surface area contributed by atoms with Crippen molar-refractivity contribution in [3.8, 4) is 0 Å². The van der Waals surface area contributed by atoms with Crippen LogP contribution in [-0.4, -0.2) is 142 Å². The van der Waals surface area contributed by atoms with Crippen molar-refractivity contribution in [1.82, 2.24) is 10.6 Å². The van der Waals surface area contributed by atoms with Gasteiger partial charge in [-0.3, -0.25) is 14.4 Å². The average molecular weight is 726 g/mol. The second-order valence-corrected chi connectivity index (χ2v) is 11.3. The van der Waals surface area contributed by atoms with E-state index < -0.39 is 18.0 Å². The Bertz CT molecular complexity index is 1110. The van der Waals surface area contributed by atoms with E-state index in [1.165, 1.54) is 0 Å². The van der Waals surface area contributed by atoms with Gasteiger partial charge in [-0.1, -0.05) is 31.1 Å². The van der Waals surface area contributed by atoms with Crippen LogP contribution in [0.15, 0.2) is 29.4 Å². The molecule has 3 amide bonds. The number of amides is 3. The van der Waals surface area contributed by atoms with E-state index in [0.717, 1.165) is 5.56 Å². The third-order valence-electron chi connectivity index (χ3n) is 6.72. The number of carbonyl (C=O) groups is 3. The van der Waals surface area contributed by atoms with Crippen molar-refractivity contribution in [2.24, 2.45) is 11.0 Å². The van der Waals surface area contributed by atoms with Crippen LogP contribution in [0.1, 0.15) is 32.8 Å². The lowest BCUT2D eigenvalue weighted by atomic mass is 10.0. The van der Waals surface area contributed by atoms with Crippen molar-refractivity contribution in [3.63, 3.8) is 0 Å². The number of hydrogen-bond donors (Lipinski definition) is 3. The second kappa shape index (κ2) is 31.4. The summed E-state index contributed by atoms with van der Waals surface area (Å²) in [6, 6.07) is 5.40. The first-order chi connectivity index (χ1) is 24.7. The molecule has 0 aliphatic carbocycles. The summed E-state index contributed by atoms with van der Waals surface area (Å²) in [6.45, 7) is 15.9. The molecule has 1 rings (SSSR count). The lowest BCUT2D eigenvalue weighted by molar-refractivity contribution is -0.132. The molecule has 0 unspecified atom stereocenters. The maximum Gasteiger partial charge on any atom is 0.246 e. The van der Waals surface area contributed by atoms with Crippen LogP contribution in [0.2, 0.25) is 0 Å². The van der Waals surface area contributed by atoms with Crippen molar-refractivity contribution in [1.29, 1.82) is 0 Å². The van der Waals surface area contributed by atoms with Crippen LogP contribution in [0, 0.1) is 12.8 Å². The molecule has 0 aromatic heterocycles. The molecule has 0 saturated heterocycles. The zero-order valence-electron chi connectivity index (χ0n) is 30.3. The summed E-state index contributed by atoms with van der Waals surface area (Å²) in [5.41, 5.74) is 9.57. The topological polar surface area (TPSA) is 210 Å². The van der Waals surface area contributed by atoms with Gasteiger partial charge in [0.25, 0.3) is 0 Å².